The molecule has 2 saturated carbocycles. The molecule has 5 atom stereocenters. The van der Waals surface area contributed by atoms with Gasteiger partial charge in [-0.1, -0.05) is 103 Å². The lowest BCUT2D eigenvalue weighted by atomic mass is 9.88. The third-order valence-electron chi connectivity index (χ3n) is 11.2. The zero-order valence-corrected chi connectivity index (χ0v) is 33.5. The molecule has 3 N–H and O–H groups in total. The van der Waals surface area contributed by atoms with Crippen LogP contribution in [0.3, 0.4) is 0 Å². The van der Waals surface area contributed by atoms with Crippen molar-refractivity contribution >= 4 is 30.1 Å². The Morgan fingerprint density at radius 1 is 0.820 bits per heavy atom. The molecule has 10 heteroatoms. The highest BCUT2D eigenvalue weighted by molar-refractivity contribution is 6.55. The molecule has 3 aliphatic carbocycles. The highest BCUT2D eigenvalue weighted by Gasteiger charge is 2.46. The molecule has 50 heavy (non-hydrogen) atoms. The molecule has 5 rings (SSSR count). The van der Waals surface area contributed by atoms with Gasteiger partial charge in [0, 0.05) is 11.8 Å². The molecule has 2 aromatic rings. The van der Waals surface area contributed by atoms with E-state index in [1.165, 1.54) is 0 Å². The predicted molar refractivity (Wildman–Crippen MR) is 203 cm³/mol. The second kappa shape index (κ2) is 17.3. The minimum absolute atomic E-state index is 0.0656. The SMILES string of the molecule is CC(C)[SiH](O)C(C)CC[C@H]([C@H](NC(=O)OCC1c2ccccc2-c2ccccc21)C(=O)OC(C1CC1)C1CC1)[C@@H](O)CO[SiH](C(C)C)C(C)C. The number of rotatable bonds is 19. The predicted octanol–water partition coefficient (Wildman–Crippen LogP) is 7.46. The molecule has 2 fully saturated rings. The summed E-state index contributed by atoms with van der Waals surface area (Å²) in [5.74, 6) is -0.581. The van der Waals surface area contributed by atoms with Crippen LogP contribution in [0, 0.1) is 17.8 Å². The van der Waals surface area contributed by atoms with Gasteiger partial charge in [-0.3, -0.25) is 0 Å². The first kappa shape index (κ1) is 38.7. The number of carbonyl (C=O) groups excluding carboxylic acids is 2. The number of nitrogens with one attached hydrogen (secondary N) is 1. The van der Waals surface area contributed by atoms with Gasteiger partial charge in [-0.25, -0.2) is 9.59 Å². The van der Waals surface area contributed by atoms with E-state index in [-0.39, 0.29) is 36.3 Å². The lowest BCUT2D eigenvalue weighted by Gasteiger charge is -2.34. The Hall–Kier alpha value is -2.51. The van der Waals surface area contributed by atoms with E-state index < -0.39 is 48.2 Å². The van der Waals surface area contributed by atoms with Gasteiger partial charge in [0.25, 0.3) is 0 Å². The maximum absolute atomic E-state index is 14.3. The molecule has 0 bridgehead atoms. The summed E-state index contributed by atoms with van der Waals surface area (Å²) < 4.78 is 18.6. The van der Waals surface area contributed by atoms with E-state index in [1.807, 2.05) is 38.1 Å². The monoisotopic (exact) mass is 723 g/mol. The molecule has 276 valence electrons. The van der Waals surface area contributed by atoms with E-state index in [4.69, 9.17) is 13.9 Å². The molecule has 0 heterocycles. The molecular weight excluding hydrogens is 663 g/mol. The van der Waals surface area contributed by atoms with Crippen molar-refractivity contribution in [2.24, 2.45) is 17.8 Å². The van der Waals surface area contributed by atoms with Gasteiger partial charge in [0.1, 0.15) is 18.8 Å². The van der Waals surface area contributed by atoms with Crippen molar-refractivity contribution in [3.8, 4) is 11.1 Å². The summed E-state index contributed by atoms with van der Waals surface area (Å²) in [5.41, 5.74) is 5.52. The number of ether oxygens (including phenoxy) is 2. The highest BCUT2D eigenvalue weighted by Crippen LogP contribution is 2.47. The minimum Gasteiger partial charge on any atom is -0.460 e. The normalized spacial score (nSPS) is 19.0. The van der Waals surface area contributed by atoms with Gasteiger partial charge in [0.15, 0.2) is 18.1 Å². The van der Waals surface area contributed by atoms with Crippen molar-refractivity contribution in [1.29, 1.82) is 0 Å². The number of hydrogen-bond donors (Lipinski definition) is 3. The number of esters is 1. The fourth-order valence-corrected chi connectivity index (χ4v) is 12.7. The maximum atomic E-state index is 14.3. The number of hydrogen-bond acceptors (Lipinski definition) is 7. The summed E-state index contributed by atoms with van der Waals surface area (Å²) in [6.07, 6.45) is 3.36. The van der Waals surface area contributed by atoms with Crippen LogP contribution in [-0.2, 0) is 18.7 Å². The van der Waals surface area contributed by atoms with E-state index in [0.717, 1.165) is 47.9 Å². The summed E-state index contributed by atoms with van der Waals surface area (Å²) in [5, 5.41) is 14.8. The number of aliphatic hydroxyl groups is 1. The van der Waals surface area contributed by atoms with Crippen molar-refractivity contribution in [2.75, 3.05) is 13.2 Å². The van der Waals surface area contributed by atoms with Crippen LogP contribution in [0.15, 0.2) is 48.5 Å². The van der Waals surface area contributed by atoms with Crippen LogP contribution in [0.25, 0.3) is 11.1 Å². The number of aliphatic hydroxyl groups excluding tert-OH is 1. The molecule has 2 unspecified atom stereocenters. The smallest absolute Gasteiger partial charge is 0.407 e. The molecule has 3 aliphatic rings. The van der Waals surface area contributed by atoms with Crippen molar-refractivity contribution < 1.29 is 33.4 Å². The van der Waals surface area contributed by atoms with Gasteiger partial charge < -0.3 is 29.1 Å². The molecule has 0 spiro atoms. The summed E-state index contributed by atoms with van der Waals surface area (Å²) in [6.45, 7) is 15.0. The Balaban J connectivity index is 1.37. The van der Waals surface area contributed by atoms with Crippen LogP contribution >= 0.6 is 0 Å². The quantitative estimate of drug-likeness (QED) is 0.102. The number of fused-ring (bicyclic) bond motifs is 3. The van der Waals surface area contributed by atoms with Crippen molar-refractivity contribution in [3.05, 3.63) is 59.7 Å². The minimum atomic E-state index is -2.05. The Morgan fingerprint density at radius 3 is 1.86 bits per heavy atom. The van der Waals surface area contributed by atoms with Gasteiger partial charge in [0.2, 0.25) is 0 Å². The van der Waals surface area contributed by atoms with E-state index in [2.05, 4.69) is 64.2 Å². The number of amides is 1. The first-order valence-electron chi connectivity index (χ1n) is 19.2. The topological polar surface area (TPSA) is 114 Å². The van der Waals surface area contributed by atoms with Gasteiger partial charge in [-0.05, 0) is 88.4 Å². The van der Waals surface area contributed by atoms with Crippen LogP contribution < -0.4 is 5.32 Å². The number of alkyl carbamates (subject to hydrolysis) is 1. The average molecular weight is 724 g/mol. The Morgan fingerprint density at radius 2 is 1.36 bits per heavy atom. The van der Waals surface area contributed by atoms with Gasteiger partial charge in [-0.15, -0.1) is 0 Å². The van der Waals surface area contributed by atoms with Crippen LogP contribution in [0.5, 0.6) is 0 Å². The standard InChI is InChI=1S/C40H61NO7Si2/c1-24(2)49(45)27(7)16-21-34(36(42)23-47-50(25(3)4)26(5)6)37(39(43)48-38(28-17-18-28)29-19-20-29)41-40(44)46-22-35-32-14-10-8-12-30(32)31-13-9-11-15-33(31)35/h8-15,24-29,34-38,42,45,49-50H,16-23H2,1-7H3,(H,41,44)/t27?,34-,36-,37-,49?/m0/s1. The molecule has 0 radical (unpaired) electrons. The maximum Gasteiger partial charge on any atom is 0.407 e. The fourth-order valence-electron chi connectivity index (χ4n) is 8.09. The van der Waals surface area contributed by atoms with Crippen molar-refractivity contribution in [1.82, 2.24) is 5.32 Å². The van der Waals surface area contributed by atoms with Crippen LogP contribution in [0.2, 0.25) is 22.2 Å². The molecule has 0 aromatic heterocycles. The Bertz CT molecular complexity index is 1360. The summed E-state index contributed by atoms with van der Waals surface area (Å²) in [4.78, 5) is 39.0. The highest BCUT2D eigenvalue weighted by atomic mass is 28.3. The lowest BCUT2D eigenvalue weighted by molar-refractivity contribution is -0.157. The first-order chi connectivity index (χ1) is 23.9. The van der Waals surface area contributed by atoms with Crippen LogP contribution in [0.1, 0.15) is 104 Å². The molecule has 0 aliphatic heterocycles. The van der Waals surface area contributed by atoms with Gasteiger partial charge in [-0.2, -0.15) is 0 Å². The number of carbonyl (C=O) groups is 2. The second-order valence-corrected chi connectivity index (χ2v) is 23.7. The van der Waals surface area contributed by atoms with Gasteiger partial charge >= 0.3 is 12.1 Å². The largest absolute Gasteiger partial charge is 0.460 e. The average Bonchev–Trinajstić information content (AvgIpc) is 4.03. The third kappa shape index (κ3) is 9.67. The third-order valence-corrected chi connectivity index (χ3v) is 17.3. The first-order valence-corrected chi connectivity index (χ1v) is 22.8. The summed E-state index contributed by atoms with van der Waals surface area (Å²) in [7, 11) is -3.72. The molecule has 0 saturated heterocycles. The molecule has 8 nitrogen and oxygen atoms in total. The molecule has 1 amide bonds. The van der Waals surface area contributed by atoms with E-state index in [9.17, 15) is 19.5 Å². The Kier molecular flexibility index (Phi) is 13.4. The van der Waals surface area contributed by atoms with Crippen LogP contribution in [0.4, 0.5) is 4.79 Å². The second-order valence-electron chi connectivity index (χ2n) is 16.3. The lowest BCUT2D eigenvalue weighted by Crippen LogP contribution is -2.52. The number of benzene rings is 2. The van der Waals surface area contributed by atoms with Gasteiger partial charge in [0.05, 0.1) is 12.7 Å². The zero-order valence-electron chi connectivity index (χ0n) is 31.2. The zero-order chi connectivity index (χ0) is 36.1. The molecular formula is C40H61NO7Si2. The van der Waals surface area contributed by atoms with E-state index in [1.54, 1.807) is 0 Å². The van der Waals surface area contributed by atoms with E-state index >= 15 is 0 Å². The van der Waals surface area contributed by atoms with E-state index in [0.29, 0.717) is 35.8 Å². The van der Waals surface area contributed by atoms with Crippen molar-refractivity contribution in [2.45, 2.75) is 133 Å². The Labute approximate surface area is 303 Å². The van der Waals surface area contributed by atoms with Crippen molar-refractivity contribution in [3.63, 3.8) is 0 Å². The summed E-state index contributed by atoms with van der Waals surface area (Å²) in [6, 6.07) is 15.3. The molecule has 2 aromatic carbocycles. The fraction of sp³-hybridized carbons (Fsp3) is 0.650. The summed E-state index contributed by atoms with van der Waals surface area (Å²) >= 11 is 0. The van der Waals surface area contributed by atoms with Crippen LogP contribution in [-0.4, -0.2) is 71.5 Å².